The van der Waals surface area contributed by atoms with Crippen LogP contribution in [0.25, 0.3) is 55.6 Å². The quantitative estimate of drug-likeness (QED) is 0.163. The number of nitrogens with zero attached hydrogens (tertiary/aromatic N) is 3. The molecule has 0 amide bonds. The molecule has 5 heteroatoms. The van der Waals surface area contributed by atoms with Gasteiger partial charge < -0.3 is 18.6 Å². The SMILES string of the molecule is CC1(C)c2ccccc2-c2ccc(N(c3ccccc3)c3cc(N(c4ccccc4)c4cccc5c4oc4ccccc45)c4nc(-c5ccccc5)oc4c3)cc21. The van der Waals surface area contributed by atoms with E-state index < -0.39 is 0 Å². The molecule has 0 radical (unpaired) electrons. The average molecular weight is 736 g/mol. The van der Waals surface area contributed by atoms with Gasteiger partial charge in [0.25, 0.3) is 0 Å². The van der Waals surface area contributed by atoms with Crippen LogP contribution in [0.2, 0.25) is 0 Å². The summed E-state index contributed by atoms with van der Waals surface area (Å²) in [6.07, 6.45) is 0. The van der Waals surface area contributed by atoms with E-state index in [4.69, 9.17) is 13.8 Å². The lowest BCUT2D eigenvalue weighted by Gasteiger charge is -2.30. The van der Waals surface area contributed by atoms with Gasteiger partial charge in [-0.1, -0.05) is 129 Å². The average Bonchev–Trinajstić information content (AvgIpc) is 3.93. The van der Waals surface area contributed by atoms with E-state index in [1.165, 1.54) is 22.3 Å². The summed E-state index contributed by atoms with van der Waals surface area (Å²) >= 11 is 0. The summed E-state index contributed by atoms with van der Waals surface area (Å²) in [4.78, 5) is 9.85. The van der Waals surface area contributed by atoms with E-state index in [9.17, 15) is 0 Å². The Morgan fingerprint density at radius 3 is 1.88 bits per heavy atom. The molecule has 0 saturated carbocycles. The molecule has 8 aromatic carbocycles. The summed E-state index contributed by atoms with van der Waals surface area (Å²) < 4.78 is 13.5. The van der Waals surface area contributed by atoms with Crippen LogP contribution in [-0.4, -0.2) is 4.98 Å². The Labute approximate surface area is 330 Å². The second kappa shape index (κ2) is 12.9. The number of rotatable bonds is 7. The maximum absolute atomic E-state index is 6.78. The third kappa shape index (κ3) is 5.27. The van der Waals surface area contributed by atoms with Gasteiger partial charge in [-0.2, -0.15) is 0 Å². The molecule has 0 aliphatic heterocycles. The van der Waals surface area contributed by atoms with Gasteiger partial charge in [-0.3, -0.25) is 0 Å². The second-order valence-corrected chi connectivity index (χ2v) is 15.2. The maximum atomic E-state index is 6.78. The van der Waals surface area contributed by atoms with E-state index >= 15 is 0 Å². The maximum Gasteiger partial charge on any atom is 0.227 e. The first-order chi connectivity index (χ1) is 28.0. The zero-order valence-electron chi connectivity index (χ0n) is 31.6. The predicted molar refractivity (Wildman–Crippen MR) is 234 cm³/mol. The largest absolute Gasteiger partial charge is 0.454 e. The number of furan rings is 1. The van der Waals surface area contributed by atoms with E-state index in [2.05, 4.69) is 163 Å². The number of oxazole rings is 1. The van der Waals surface area contributed by atoms with Gasteiger partial charge in [0.2, 0.25) is 5.89 Å². The van der Waals surface area contributed by atoms with E-state index in [-0.39, 0.29) is 5.41 Å². The lowest BCUT2D eigenvalue weighted by Crippen LogP contribution is -2.17. The third-order valence-corrected chi connectivity index (χ3v) is 11.5. The van der Waals surface area contributed by atoms with Gasteiger partial charge in [0.05, 0.1) is 17.1 Å². The number of hydrogen-bond acceptors (Lipinski definition) is 5. The van der Waals surface area contributed by atoms with Gasteiger partial charge in [0.1, 0.15) is 11.1 Å². The lowest BCUT2D eigenvalue weighted by molar-refractivity contribution is 0.620. The number of hydrogen-bond donors (Lipinski definition) is 0. The monoisotopic (exact) mass is 735 g/mol. The van der Waals surface area contributed by atoms with Crippen LogP contribution in [-0.2, 0) is 5.41 Å². The van der Waals surface area contributed by atoms with Crippen LogP contribution in [0.5, 0.6) is 0 Å². The fourth-order valence-corrected chi connectivity index (χ4v) is 8.75. The number of para-hydroxylation sites is 4. The van der Waals surface area contributed by atoms with Crippen molar-refractivity contribution < 1.29 is 8.83 Å². The molecule has 2 heterocycles. The summed E-state index contributed by atoms with van der Waals surface area (Å²) in [5.74, 6) is 0.558. The summed E-state index contributed by atoms with van der Waals surface area (Å²) in [6.45, 7) is 4.66. The molecule has 2 aromatic heterocycles. The summed E-state index contributed by atoms with van der Waals surface area (Å²) in [6, 6.07) is 65.8. The van der Waals surface area contributed by atoms with Crippen LogP contribution in [0, 0.1) is 0 Å². The van der Waals surface area contributed by atoms with Crippen LogP contribution in [0.15, 0.2) is 197 Å². The van der Waals surface area contributed by atoms with E-state index in [1.807, 2.05) is 48.5 Å². The smallest absolute Gasteiger partial charge is 0.227 e. The Kier molecular flexibility index (Phi) is 7.45. The van der Waals surface area contributed by atoms with Crippen LogP contribution < -0.4 is 9.80 Å². The molecule has 5 nitrogen and oxygen atoms in total. The third-order valence-electron chi connectivity index (χ3n) is 11.5. The Morgan fingerprint density at radius 2 is 1.09 bits per heavy atom. The van der Waals surface area contributed by atoms with Crippen LogP contribution >= 0.6 is 0 Å². The van der Waals surface area contributed by atoms with Gasteiger partial charge in [-0.25, -0.2) is 4.98 Å². The van der Waals surface area contributed by atoms with Crippen molar-refractivity contribution in [3.8, 4) is 22.6 Å². The van der Waals surface area contributed by atoms with Gasteiger partial charge in [-0.05, 0) is 89.0 Å². The molecular formula is C52H37N3O2. The molecule has 57 heavy (non-hydrogen) atoms. The minimum atomic E-state index is -0.162. The topological polar surface area (TPSA) is 45.7 Å². The van der Waals surface area contributed by atoms with Gasteiger partial charge in [-0.15, -0.1) is 0 Å². The van der Waals surface area contributed by atoms with E-state index in [0.29, 0.717) is 11.5 Å². The fraction of sp³-hybridized carbons (Fsp3) is 0.0577. The Morgan fingerprint density at radius 1 is 0.439 bits per heavy atom. The number of benzene rings is 8. The summed E-state index contributed by atoms with van der Waals surface area (Å²) in [5, 5.41) is 2.13. The molecule has 0 N–H and O–H groups in total. The zero-order valence-corrected chi connectivity index (χ0v) is 31.6. The minimum Gasteiger partial charge on any atom is -0.454 e. The Balaban J connectivity index is 1.19. The van der Waals surface area contributed by atoms with E-state index in [0.717, 1.165) is 67.1 Å². The predicted octanol–water partition coefficient (Wildman–Crippen LogP) is 14.6. The summed E-state index contributed by atoms with van der Waals surface area (Å²) in [5.41, 5.74) is 14.8. The van der Waals surface area contributed by atoms with Crippen molar-refractivity contribution in [2.24, 2.45) is 0 Å². The highest BCUT2D eigenvalue weighted by Crippen LogP contribution is 2.52. The van der Waals surface area contributed by atoms with Gasteiger partial charge >= 0.3 is 0 Å². The molecule has 11 rings (SSSR count). The molecule has 0 saturated heterocycles. The molecule has 272 valence electrons. The molecule has 0 bridgehead atoms. The summed E-state index contributed by atoms with van der Waals surface area (Å²) in [7, 11) is 0. The van der Waals surface area contributed by atoms with Crippen molar-refractivity contribution in [1.29, 1.82) is 0 Å². The highest BCUT2D eigenvalue weighted by Gasteiger charge is 2.36. The highest BCUT2D eigenvalue weighted by molar-refractivity contribution is 6.11. The van der Waals surface area contributed by atoms with Crippen molar-refractivity contribution >= 4 is 67.2 Å². The molecule has 0 fully saturated rings. The minimum absolute atomic E-state index is 0.162. The van der Waals surface area contributed by atoms with E-state index in [1.54, 1.807) is 0 Å². The van der Waals surface area contributed by atoms with Crippen LogP contribution in [0.3, 0.4) is 0 Å². The highest BCUT2D eigenvalue weighted by atomic mass is 16.3. The molecule has 0 unspecified atom stereocenters. The number of fused-ring (bicyclic) bond motifs is 7. The van der Waals surface area contributed by atoms with Crippen LogP contribution in [0.4, 0.5) is 34.1 Å². The number of aromatic nitrogens is 1. The van der Waals surface area contributed by atoms with Crippen molar-refractivity contribution in [3.05, 3.63) is 199 Å². The van der Waals surface area contributed by atoms with Crippen molar-refractivity contribution in [3.63, 3.8) is 0 Å². The van der Waals surface area contributed by atoms with Gasteiger partial charge in [0, 0.05) is 44.9 Å². The van der Waals surface area contributed by atoms with Crippen molar-refractivity contribution in [1.82, 2.24) is 4.98 Å². The molecule has 10 aromatic rings. The lowest BCUT2D eigenvalue weighted by atomic mass is 9.82. The first-order valence-corrected chi connectivity index (χ1v) is 19.4. The van der Waals surface area contributed by atoms with Crippen molar-refractivity contribution in [2.75, 3.05) is 9.80 Å². The number of anilines is 6. The molecule has 1 aliphatic rings. The first-order valence-electron chi connectivity index (χ1n) is 19.4. The Bertz CT molecular complexity index is 3110. The Hall–Kier alpha value is -7.37. The second-order valence-electron chi connectivity index (χ2n) is 15.2. The first kappa shape index (κ1) is 33.0. The standard InChI is InChI=1S/C52H37N3O2/c1-52(2)43-26-14-12-23-39(43)40-30-29-37(31-44(40)52)54(35-19-8-4-9-20-35)38-32-46(49-48(33-38)57-51(53-49)34-17-6-3-7-18-34)55(36-21-10-5-11-22-36)45-27-16-25-42-41-24-13-15-28-47(41)56-50(42)45/h3-33H,1-2H3. The molecule has 1 aliphatic carbocycles. The zero-order chi connectivity index (χ0) is 38.1. The molecule has 0 atom stereocenters. The van der Waals surface area contributed by atoms with Crippen LogP contribution in [0.1, 0.15) is 25.0 Å². The van der Waals surface area contributed by atoms with Crippen molar-refractivity contribution in [2.45, 2.75) is 19.3 Å². The fourth-order valence-electron chi connectivity index (χ4n) is 8.75. The van der Waals surface area contributed by atoms with Gasteiger partial charge in [0.15, 0.2) is 11.2 Å². The molecular weight excluding hydrogens is 699 g/mol. The molecule has 0 spiro atoms. The normalized spacial score (nSPS) is 12.9.